The van der Waals surface area contributed by atoms with E-state index in [1.807, 2.05) is 68.5 Å². The van der Waals surface area contributed by atoms with Crippen molar-refractivity contribution in [3.8, 4) is 0 Å². The number of allylic oxidation sites excluding steroid dienone is 4. The molecular weight excluding hydrogens is 1790 g/mol. The van der Waals surface area contributed by atoms with Gasteiger partial charge in [0.15, 0.2) is 73.2 Å². The van der Waals surface area contributed by atoms with Crippen LogP contribution in [0.5, 0.6) is 0 Å². The topological polar surface area (TPSA) is 545 Å². The van der Waals surface area contributed by atoms with E-state index in [-0.39, 0.29) is 76.0 Å². The molecule has 2 aliphatic carbocycles. The van der Waals surface area contributed by atoms with Gasteiger partial charge in [-0.3, -0.25) is 28.8 Å². The van der Waals surface area contributed by atoms with Crippen LogP contribution >= 0.6 is 0 Å². The van der Waals surface area contributed by atoms with E-state index in [1.165, 1.54) is 74.8 Å². The van der Waals surface area contributed by atoms with E-state index in [0.29, 0.717) is 57.8 Å². The summed E-state index contributed by atoms with van der Waals surface area (Å²) >= 11 is 0. The smallest absolute Gasteiger partial charge is 0.347 e. The van der Waals surface area contributed by atoms with Crippen molar-refractivity contribution >= 4 is 107 Å². The third-order valence-corrected chi connectivity index (χ3v) is 20.8. The second-order valence-electron chi connectivity index (χ2n) is 33.4. The zero-order chi connectivity index (χ0) is 102. The number of carboxylic acid groups (broad SMARTS) is 1. The number of carbonyl (C=O) groups is 18. The van der Waals surface area contributed by atoms with Gasteiger partial charge in [0.1, 0.15) is 18.3 Å². The summed E-state index contributed by atoms with van der Waals surface area (Å²) in [6.45, 7) is 26.0. The summed E-state index contributed by atoms with van der Waals surface area (Å²) < 4.78 is 87.9. The summed E-state index contributed by atoms with van der Waals surface area (Å²) in [6, 6.07) is 19.3. The standard InChI is InChI=1S/C59H82O26.C26H40O5.C11H16O8.CH4/c1-31(2)73-50(63)25-21-16-15-20-24-46-47(29-28-45(27-26-44-22-18-17-19-23-44)83-57(70)38(9)80-54(67)35(6)77-51(64)32(3)74-41(12)60)49(85-59(72)40(11)82-56(69)37(8)79-53(66)34(5)76-43(14)62)30-48(46)84-58(71)39(10)81-55(68)36(7)78-52(65)33(4)75-42(13)61;1-19(2)31-26(30)13-9-4-3-8-12-22-23(25(29)18-24(22)28)17-16-21(27)15-14-20-10-6-5-7-11-20;1-5(9(13)14)18-11(16)7(3)19-10(15)6(2)17-8(4)12;/h15,17-20,22-23,31-40,45-49H,16,21,24-30H2,1-14H3;3,5-8,10-11,19,21-25,27-29H,4,9,12-18H2,1-2H3;5-7H,1-4H3,(H,13,14);1H4/b20-15-;8-3-;;/t32-,33-,34-,35-,36-,37-,38-,39-,40-,45?,46?,47?,48?,49?;;5-,6+,7-;/m0.1./s1. The van der Waals surface area contributed by atoms with Crippen LogP contribution in [0.3, 0.4) is 0 Å². The molecule has 0 heterocycles. The molecule has 2 aliphatic rings. The van der Waals surface area contributed by atoms with E-state index in [0.717, 1.165) is 66.4 Å². The van der Waals surface area contributed by atoms with Crippen molar-refractivity contribution in [1.29, 1.82) is 0 Å². The van der Waals surface area contributed by atoms with Gasteiger partial charge < -0.3 is 101 Å². The monoisotopic (exact) mass is 1930 g/mol. The van der Waals surface area contributed by atoms with Gasteiger partial charge in [-0.05, 0) is 230 Å². The van der Waals surface area contributed by atoms with Gasteiger partial charge in [0.2, 0.25) is 0 Å². The van der Waals surface area contributed by atoms with Crippen LogP contribution in [0.1, 0.15) is 260 Å². The first-order chi connectivity index (χ1) is 63.3. The summed E-state index contributed by atoms with van der Waals surface area (Å²) in [4.78, 5) is 220. The highest BCUT2D eigenvalue weighted by atomic mass is 16.7. The quantitative estimate of drug-likeness (QED) is 0.0207. The molecule has 0 aliphatic heterocycles. The van der Waals surface area contributed by atoms with Crippen LogP contribution in [0.2, 0.25) is 0 Å². The van der Waals surface area contributed by atoms with Gasteiger partial charge in [-0.2, -0.15) is 0 Å². The van der Waals surface area contributed by atoms with Crippen molar-refractivity contribution < 1.29 is 187 Å². The Hall–Kier alpha value is -11.7. The SMILES string of the molecule is C.CC(=O)O[C@@H](C)C(=O)O[C@@H](C)C(=O)O[C@@H](C)C(=O)OC(CCc1ccccc1)CCC1C(OC(=O)[C@H](C)OC(=O)[C@H](C)OC(=O)[C@H](C)OC(C)=O)CC(OC(=O)[C@H](C)OC(=O)[C@H](C)OC(=O)[C@H](C)OC(C)=O)C1C/C=C\CCCC(=O)OC(C)C.CC(=O)O[C@@H](C)C(=O)O[C@H](C)C(=O)O[C@H](C)C(=O)O.CC(C)OC(=O)CCC/C=C\CC1C(O)CC(O)C1CCC(O)CCc1ccccc1. The molecule has 0 spiro atoms. The number of carbonyl (C=O) groups excluding carboxylic acids is 17. The first kappa shape index (κ1) is 122. The molecule has 0 aromatic heterocycles. The second kappa shape index (κ2) is 64.3. The number of unbranched alkanes of at least 4 members (excludes halogenated alkanes) is 2. The van der Waals surface area contributed by atoms with Crippen LogP contribution in [0.15, 0.2) is 85.0 Å². The predicted molar refractivity (Wildman–Crippen MR) is 480 cm³/mol. The Labute approximate surface area is 794 Å². The lowest BCUT2D eigenvalue weighted by molar-refractivity contribution is -0.184. The number of ether oxygens (including phenoxy) is 17. The minimum absolute atomic E-state index is 0. The molecule has 39 nitrogen and oxygen atoms in total. The Morgan fingerprint density at radius 1 is 0.324 bits per heavy atom. The Balaban J connectivity index is 0.00000146. The fourth-order valence-corrected chi connectivity index (χ4v) is 13.8. The van der Waals surface area contributed by atoms with E-state index in [2.05, 4.69) is 32.4 Å². The zero-order valence-corrected chi connectivity index (χ0v) is 80.7. The van der Waals surface area contributed by atoms with Crippen LogP contribution in [0, 0.1) is 23.7 Å². The summed E-state index contributed by atoms with van der Waals surface area (Å²) in [6.07, 6.45) is -7.18. The van der Waals surface area contributed by atoms with Gasteiger partial charge in [0.05, 0.1) is 30.5 Å². The van der Waals surface area contributed by atoms with Crippen LogP contribution < -0.4 is 0 Å². The molecule has 2 aromatic carbocycles. The fourth-order valence-electron chi connectivity index (χ4n) is 13.8. The number of esters is 17. The number of rotatable bonds is 53. The molecule has 22 atom stereocenters. The number of hydrogen-bond acceptors (Lipinski definition) is 38. The first-order valence-electron chi connectivity index (χ1n) is 45.3. The first-order valence-corrected chi connectivity index (χ1v) is 45.3. The molecular formula is C97H142O39. The number of aryl methyl sites for hydroxylation is 2. The maximum Gasteiger partial charge on any atom is 0.347 e. The molecule has 4 rings (SSSR count). The maximum atomic E-state index is 14.0. The Morgan fingerprint density at radius 3 is 0.941 bits per heavy atom. The minimum Gasteiger partial charge on any atom is -0.479 e. The summed E-state index contributed by atoms with van der Waals surface area (Å²) in [5.74, 6) is -18.0. The summed E-state index contributed by atoms with van der Waals surface area (Å²) in [5.41, 5.74) is 2.09. The van der Waals surface area contributed by atoms with Crippen LogP contribution in [0.25, 0.3) is 0 Å². The van der Waals surface area contributed by atoms with E-state index in [9.17, 15) is 102 Å². The lowest BCUT2D eigenvalue weighted by atomic mass is 9.85. The Morgan fingerprint density at radius 2 is 0.610 bits per heavy atom. The Bertz CT molecular complexity index is 4200. The van der Waals surface area contributed by atoms with Crippen molar-refractivity contribution in [1.82, 2.24) is 0 Å². The largest absolute Gasteiger partial charge is 0.479 e. The maximum absolute atomic E-state index is 14.0. The highest BCUT2D eigenvalue weighted by Gasteiger charge is 2.49. The van der Waals surface area contributed by atoms with Crippen molar-refractivity contribution in [3.63, 3.8) is 0 Å². The molecule has 2 fully saturated rings. The zero-order valence-electron chi connectivity index (χ0n) is 80.7. The molecule has 0 saturated heterocycles. The number of aliphatic carboxylic acids is 1. The highest BCUT2D eigenvalue weighted by molar-refractivity contribution is 5.88. The van der Waals surface area contributed by atoms with Crippen molar-refractivity contribution in [3.05, 3.63) is 96.1 Å². The third-order valence-electron chi connectivity index (χ3n) is 20.8. The van der Waals surface area contributed by atoms with Gasteiger partial charge >= 0.3 is 107 Å². The molecule has 2 saturated carbocycles. The second-order valence-corrected chi connectivity index (χ2v) is 33.4. The van der Waals surface area contributed by atoms with Gasteiger partial charge in [0.25, 0.3) is 0 Å². The fraction of sp³-hybridized carbons (Fsp3) is 0.649. The lowest BCUT2D eigenvalue weighted by Crippen LogP contribution is -2.37. The molecule has 4 N–H and O–H groups in total. The molecule has 39 heteroatoms. The number of aliphatic hydroxyl groups excluding tert-OH is 3. The molecule has 764 valence electrons. The lowest BCUT2D eigenvalue weighted by Gasteiger charge is -2.29. The van der Waals surface area contributed by atoms with Crippen molar-refractivity contribution in [2.45, 2.75) is 384 Å². The third kappa shape index (κ3) is 49.7. The molecule has 0 amide bonds. The number of hydrogen-bond donors (Lipinski definition) is 4. The van der Waals surface area contributed by atoms with Crippen LogP contribution in [0.4, 0.5) is 0 Å². The normalized spacial score (nSPS) is 19.6. The van der Waals surface area contributed by atoms with E-state index in [1.54, 1.807) is 26.0 Å². The minimum atomic E-state index is -1.64. The number of carboxylic acids is 1. The van der Waals surface area contributed by atoms with Crippen LogP contribution in [-0.2, 0) is 180 Å². The molecule has 136 heavy (non-hydrogen) atoms. The van der Waals surface area contributed by atoms with Gasteiger partial charge in [-0.25, -0.2) is 57.5 Å². The van der Waals surface area contributed by atoms with E-state index in [4.69, 9.17) is 71.4 Å². The average Bonchev–Trinajstić information content (AvgIpc) is 1.66. The van der Waals surface area contributed by atoms with Crippen molar-refractivity contribution in [2.24, 2.45) is 23.7 Å². The molecule has 2 aromatic rings. The summed E-state index contributed by atoms with van der Waals surface area (Å²) in [7, 11) is 0. The van der Waals surface area contributed by atoms with E-state index < -0.39 is 223 Å². The van der Waals surface area contributed by atoms with Crippen LogP contribution in [-0.4, -0.2) is 250 Å². The molecule has 0 bridgehead atoms. The number of benzene rings is 2. The molecule has 0 radical (unpaired) electrons. The predicted octanol–water partition coefficient (Wildman–Crippen LogP) is 9.99. The average molecular weight is 1930 g/mol. The summed E-state index contributed by atoms with van der Waals surface area (Å²) in [5, 5.41) is 39.7. The molecule has 10 unspecified atom stereocenters. The van der Waals surface area contributed by atoms with Gasteiger partial charge in [0, 0.05) is 58.8 Å². The number of aliphatic hydroxyl groups is 3. The Kier molecular flexibility index (Phi) is 57.8. The van der Waals surface area contributed by atoms with Gasteiger partial charge in [-0.1, -0.05) is 92.4 Å². The highest BCUT2D eigenvalue weighted by Crippen LogP contribution is 2.43. The van der Waals surface area contributed by atoms with Gasteiger partial charge in [-0.15, -0.1) is 0 Å². The van der Waals surface area contributed by atoms with E-state index >= 15 is 0 Å². The van der Waals surface area contributed by atoms with Crippen molar-refractivity contribution in [2.75, 3.05) is 0 Å².